The molecule has 100 valence electrons. The Morgan fingerprint density at radius 3 is 2.78 bits per heavy atom. The van der Waals surface area contributed by atoms with Gasteiger partial charge in [-0.05, 0) is 31.0 Å². The zero-order valence-corrected chi connectivity index (χ0v) is 10.6. The fourth-order valence-electron chi connectivity index (χ4n) is 1.42. The van der Waals surface area contributed by atoms with Crippen LogP contribution in [0.3, 0.4) is 0 Å². The minimum atomic E-state index is -0.464. The molecule has 0 bridgehead atoms. The second-order valence-electron chi connectivity index (χ2n) is 3.62. The van der Waals surface area contributed by atoms with E-state index in [2.05, 4.69) is 4.74 Å². The second kappa shape index (κ2) is 7.66. The quantitative estimate of drug-likeness (QED) is 0.554. The van der Waals surface area contributed by atoms with Crippen molar-refractivity contribution in [2.75, 3.05) is 20.5 Å². The first kappa shape index (κ1) is 14.4. The SMILES string of the molecule is CCOC(=O)CCc1ccc(OCOC)c(F)c1. The maximum Gasteiger partial charge on any atom is 0.306 e. The Bertz CT molecular complexity index is 393. The number of esters is 1. The number of aryl methyl sites for hydroxylation is 1. The van der Waals surface area contributed by atoms with Gasteiger partial charge in [0.25, 0.3) is 0 Å². The van der Waals surface area contributed by atoms with E-state index in [1.54, 1.807) is 13.0 Å². The summed E-state index contributed by atoms with van der Waals surface area (Å²) < 4.78 is 28.0. The molecule has 1 rings (SSSR count). The van der Waals surface area contributed by atoms with E-state index < -0.39 is 5.82 Å². The van der Waals surface area contributed by atoms with Crippen molar-refractivity contribution in [2.24, 2.45) is 0 Å². The molecule has 1 aromatic rings. The highest BCUT2D eigenvalue weighted by Crippen LogP contribution is 2.19. The van der Waals surface area contributed by atoms with Crippen molar-refractivity contribution in [2.45, 2.75) is 19.8 Å². The van der Waals surface area contributed by atoms with Crippen molar-refractivity contribution in [1.29, 1.82) is 0 Å². The lowest BCUT2D eigenvalue weighted by molar-refractivity contribution is -0.143. The molecule has 0 spiro atoms. The Balaban J connectivity index is 2.53. The van der Waals surface area contributed by atoms with Crippen LogP contribution in [0.4, 0.5) is 4.39 Å². The molecule has 0 heterocycles. The molecule has 0 aliphatic rings. The number of hydrogen-bond donors (Lipinski definition) is 0. The van der Waals surface area contributed by atoms with Gasteiger partial charge in [-0.25, -0.2) is 4.39 Å². The normalized spacial score (nSPS) is 10.2. The van der Waals surface area contributed by atoms with Crippen LogP contribution in [-0.2, 0) is 20.7 Å². The molecule has 0 radical (unpaired) electrons. The minimum absolute atomic E-state index is 0.000900. The maximum atomic E-state index is 13.5. The van der Waals surface area contributed by atoms with Gasteiger partial charge < -0.3 is 14.2 Å². The van der Waals surface area contributed by atoms with Gasteiger partial charge in [0.1, 0.15) is 0 Å². The number of ether oxygens (including phenoxy) is 3. The molecule has 5 heteroatoms. The van der Waals surface area contributed by atoms with E-state index in [0.717, 1.165) is 5.56 Å². The van der Waals surface area contributed by atoms with Gasteiger partial charge in [-0.1, -0.05) is 6.07 Å². The zero-order chi connectivity index (χ0) is 13.4. The molecule has 1 aromatic carbocycles. The Morgan fingerprint density at radius 1 is 1.39 bits per heavy atom. The van der Waals surface area contributed by atoms with Gasteiger partial charge in [0.05, 0.1) is 6.61 Å². The Hall–Kier alpha value is -1.62. The van der Waals surface area contributed by atoms with Gasteiger partial charge >= 0.3 is 5.97 Å². The molecule has 18 heavy (non-hydrogen) atoms. The Labute approximate surface area is 106 Å². The molecule has 0 unspecified atom stereocenters. The topological polar surface area (TPSA) is 44.8 Å². The lowest BCUT2D eigenvalue weighted by Gasteiger charge is -2.07. The number of carbonyl (C=O) groups is 1. The Kier molecular flexibility index (Phi) is 6.14. The van der Waals surface area contributed by atoms with Crippen LogP contribution >= 0.6 is 0 Å². The summed E-state index contributed by atoms with van der Waals surface area (Å²) in [7, 11) is 1.46. The predicted molar refractivity (Wildman–Crippen MR) is 63.9 cm³/mol. The van der Waals surface area contributed by atoms with Crippen molar-refractivity contribution < 1.29 is 23.4 Å². The summed E-state index contributed by atoms with van der Waals surface area (Å²) in [5.74, 6) is -0.609. The molecule has 0 amide bonds. The molecule has 0 saturated heterocycles. The number of rotatable bonds is 7. The third-order valence-corrected chi connectivity index (χ3v) is 2.25. The van der Waals surface area contributed by atoms with E-state index in [1.807, 2.05) is 0 Å². The van der Waals surface area contributed by atoms with Crippen LogP contribution in [0.25, 0.3) is 0 Å². The summed E-state index contributed by atoms with van der Waals surface area (Å²) in [6.45, 7) is 2.11. The highest BCUT2D eigenvalue weighted by atomic mass is 19.1. The average Bonchev–Trinajstić information content (AvgIpc) is 2.35. The van der Waals surface area contributed by atoms with Gasteiger partial charge in [-0.15, -0.1) is 0 Å². The summed E-state index contributed by atoms with van der Waals surface area (Å²) in [5.41, 5.74) is 0.727. The van der Waals surface area contributed by atoms with Gasteiger partial charge in [0.2, 0.25) is 0 Å². The first-order chi connectivity index (χ1) is 8.67. The largest absolute Gasteiger partial charge is 0.466 e. The fourth-order valence-corrected chi connectivity index (χ4v) is 1.42. The van der Waals surface area contributed by atoms with Crippen molar-refractivity contribution in [3.8, 4) is 5.75 Å². The molecular formula is C13H17FO4. The number of hydrogen-bond acceptors (Lipinski definition) is 4. The van der Waals surface area contributed by atoms with E-state index in [9.17, 15) is 9.18 Å². The molecule has 0 saturated carbocycles. The average molecular weight is 256 g/mol. The van der Waals surface area contributed by atoms with E-state index in [0.29, 0.717) is 13.0 Å². The van der Waals surface area contributed by atoms with Crippen LogP contribution in [0.15, 0.2) is 18.2 Å². The van der Waals surface area contributed by atoms with Gasteiger partial charge in [-0.2, -0.15) is 0 Å². The minimum Gasteiger partial charge on any atom is -0.466 e. The first-order valence-corrected chi connectivity index (χ1v) is 5.73. The first-order valence-electron chi connectivity index (χ1n) is 5.73. The summed E-state index contributed by atoms with van der Waals surface area (Å²) in [6.07, 6.45) is 0.686. The summed E-state index contributed by atoms with van der Waals surface area (Å²) >= 11 is 0. The molecule has 0 aliphatic heterocycles. The van der Waals surface area contributed by atoms with Crippen molar-refractivity contribution in [3.05, 3.63) is 29.6 Å². The number of methoxy groups -OCH3 is 1. The Morgan fingerprint density at radius 2 is 2.17 bits per heavy atom. The predicted octanol–water partition coefficient (Wildman–Crippen LogP) is 2.30. The lowest BCUT2D eigenvalue weighted by atomic mass is 10.1. The van der Waals surface area contributed by atoms with E-state index in [1.165, 1.54) is 19.2 Å². The summed E-state index contributed by atoms with van der Waals surface area (Å²) in [6, 6.07) is 4.59. The molecule has 4 nitrogen and oxygen atoms in total. The van der Waals surface area contributed by atoms with Crippen molar-refractivity contribution in [3.63, 3.8) is 0 Å². The standard InChI is InChI=1S/C13H17FO4/c1-3-17-13(15)7-5-10-4-6-12(11(14)8-10)18-9-16-2/h4,6,8H,3,5,7,9H2,1-2H3. The van der Waals surface area contributed by atoms with Gasteiger partial charge in [0.15, 0.2) is 18.4 Å². The van der Waals surface area contributed by atoms with Gasteiger partial charge in [-0.3, -0.25) is 4.79 Å². The van der Waals surface area contributed by atoms with E-state index >= 15 is 0 Å². The lowest BCUT2D eigenvalue weighted by Crippen LogP contribution is -2.05. The molecule has 0 aromatic heterocycles. The van der Waals surface area contributed by atoms with E-state index in [4.69, 9.17) is 9.47 Å². The fraction of sp³-hybridized carbons (Fsp3) is 0.462. The van der Waals surface area contributed by atoms with Crippen LogP contribution in [0.5, 0.6) is 5.75 Å². The van der Waals surface area contributed by atoms with Gasteiger partial charge in [0, 0.05) is 13.5 Å². The second-order valence-corrected chi connectivity index (χ2v) is 3.62. The maximum absolute atomic E-state index is 13.5. The third-order valence-electron chi connectivity index (χ3n) is 2.25. The number of carbonyl (C=O) groups excluding carboxylic acids is 1. The van der Waals surface area contributed by atoms with Crippen molar-refractivity contribution >= 4 is 5.97 Å². The number of benzene rings is 1. The summed E-state index contributed by atoms with van der Waals surface area (Å²) in [5, 5.41) is 0. The monoisotopic (exact) mass is 256 g/mol. The van der Waals surface area contributed by atoms with E-state index in [-0.39, 0.29) is 24.9 Å². The highest BCUT2D eigenvalue weighted by Gasteiger charge is 2.07. The zero-order valence-electron chi connectivity index (χ0n) is 10.6. The van der Waals surface area contributed by atoms with Crippen LogP contribution < -0.4 is 4.74 Å². The van der Waals surface area contributed by atoms with Crippen molar-refractivity contribution in [1.82, 2.24) is 0 Å². The molecule has 0 aliphatic carbocycles. The summed E-state index contributed by atoms with van der Waals surface area (Å²) in [4.78, 5) is 11.2. The third kappa shape index (κ3) is 4.71. The molecule has 0 fully saturated rings. The number of halogens is 1. The highest BCUT2D eigenvalue weighted by molar-refractivity contribution is 5.69. The van der Waals surface area contributed by atoms with Crippen LogP contribution in [0.1, 0.15) is 18.9 Å². The van der Waals surface area contributed by atoms with Crippen LogP contribution in [0, 0.1) is 5.82 Å². The smallest absolute Gasteiger partial charge is 0.306 e. The van der Waals surface area contributed by atoms with Crippen LogP contribution in [-0.4, -0.2) is 26.5 Å². The van der Waals surface area contributed by atoms with Crippen LogP contribution in [0.2, 0.25) is 0 Å². The molecular weight excluding hydrogens is 239 g/mol. The molecule has 0 N–H and O–H groups in total. The molecule has 0 atom stereocenters.